The Kier molecular flexibility index (Phi) is 6.54. The Labute approximate surface area is 340 Å². The van der Waals surface area contributed by atoms with Crippen LogP contribution in [0.4, 0.5) is 0 Å². The maximum Gasteiger partial charge on any atom is 0.178 e. The van der Waals surface area contributed by atoms with Gasteiger partial charge in [0, 0.05) is 32.5 Å². The van der Waals surface area contributed by atoms with Crippen LogP contribution in [0.1, 0.15) is 25.0 Å². The topological polar surface area (TPSA) is 26.3 Å². The summed E-state index contributed by atoms with van der Waals surface area (Å²) < 4.78 is 13.2. The van der Waals surface area contributed by atoms with E-state index in [9.17, 15) is 0 Å². The van der Waals surface area contributed by atoms with Crippen molar-refractivity contribution in [2.45, 2.75) is 19.3 Å². The van der Waals surface area contributed by atoms with Crippen molar-refractivity contribution in [3.05, 3.63) is 193 Å². The van der Waals surface area contributed by atoms with Gasteiger partial charge < -0.3 is 8.83 Å². The molecule has 0 radical (unpaired) electrons. The van der Waals surface area contributed by atoms with Crippen molar-refractivity contribution in [3.63, 3.8) is 0 Å². The van der Waals surface area contributed by atoms with Crippen LogP contribution < -0.4 is 0 Å². The van der Waals surface area contributed by atoms with Gasteiger partial charge in [-0.15, -0.1) is 0 Å². The van der Waals surface area contributed by atoms with Crippen molar-refractivity contribution in [1.82, 2.24) is 0 Å². The van der Waals surface area contributed by atoms with Crippen LogP contribution in [0.2, 0.25) is 0 Å². The van der Waals surface area contributed by atoms with Crippen LogP contribution in [0.25, 0.3) is 121 Å². The van der Waals surface area contributed by atoms with Crippen molar-refractivity contribution in [2.24, 2.45) is 0 Å². The number of benzene rings is 10. The summed E-state index contributed by atoms with van der Waals surface area (Å²) in [4.78, 5) is 0. The zero-order valence-electron chi connectivity index (χ0n) is 32.6. The molecule has 13 rings (SSSR count). The molecule has 0 saturated heterocycles. The van der Waals surface area contributed by atoms with Gasteiger partial charge in [-0.05, 0) is 113 Å². The summed E-state index contributed by atoms with van der Waals surface area (Å²) in [5, 5.41) is 11.9. The van der Waals surface area contributed by atoms with Crippen molar-refractivity contribution in [1.29, 1.82) is 0 Å². The molecular formula is C57H36O2. The molecule has 59 heavy (non-hydrogen) atoms. The van der Waals surface area contributed by atoms with E-state index in [1.165, 1.54) is 76.8 Å². The van der Waals surface area contributed by atoms with Crippen LogP contribution in [-0.2, 0) is 5.41 Å². The number of hydrogen-bond acceptors (Lipinski definition) is 2. The molecule has 0 spiro atoms. The molecule has 0 bridgehead atoms. The summed E-state index contributed by atoms with van der Waals surface area (Å²) in [6.07, 6.45) is 0. The van der Waals surface area contributed by atoms with Gasteiger partial charge in [0.1, 0.15) is 11.2 Å². The number of para-hydroxylation sites is 2. The van der Waals surface area contributed by atoms with Gasteiger partial charge in [-0.3, -0.25) is 0 Å². The van der Waals surface area contributed by atoms with E-state index in [1.807, 2.05) is 12.1 Å². The molecule has 0 aliphatic heterocycles. The largest absolute Gasteiger partial charge is 0.452 e. The van der Waals surface area contributed by atoms with Gasteiger partial charge in [0.25, 0.3) is 0 Å². The fraction of sp³-hybridized carbons (Fsp3) is 0.0526. The predicted molar refractivity (Wildman–Crippen MR) is 247 cm³/mol. The van der Waals surface area contributed by atoms with Gasteiger partial charge in [0.05, 0.1) is 0 Å². The Morgan fingerprint density at radius 1 is 0.322 bits per heavy atom. The van der Waals surface area contributed by atoms with E-state index >= 15 is 0 Å². The van der Waals surface area contributed by atoms with Crippen molar-refractivity contribution < 1.29 is 8.83 Å². The van der Waals surface area contributed by atoms with E-state index < -0.39 is 0 Å². The lowest BCUT2D eigenvalue weighted by molar-refractivity contribution is 0.634. The first-order chi connectivity index (χ1) is 29.0. The summed E-state index contributed by atoms with van der Waals surface area (Å²) >= 11 is 0. The molecule has 0 fully saturated rings. The second-order valence-corrected chi connectivity index (χ2v) is 16.7. The molecule has 12 aromatic rings. The molecule has 0 amide bonds. The molecule has 2 nitrogen and oxygen atoms in total. The number of hydrogen-bond donors (Lipinski definition) is 0. The van der Waals surface area contributed by atoms with E-state index in [1.54, 1.807) is 0 Å². The summed E-state index contributed by atoms with van der Waals surface area (Å²) in [5.41, 5.74) is 15.7. The standard InChI is InChI=1S/C57H36O2/c1-57(2)49-30-26-34(37-21-12-23-45-47-29-28-46-39-16-9-10-24-51(39)58-55(46)56(47)59-54(37)45)31-48(49)38-27-25-35(32-50(38)57)52-41-17-5-7-19-43(41)53(44-20-8-6-18-42(44)52)40-22-11-14-33-13-3-4-15-36(33)40/h3-32H,1-2H3. The molecule has 0 atom stereocenters. The maximum absolute atomic E-state index is 6.81. The summed E-state index contributed by atoms with van der Waals surface area (Å²) in [5.74, 6) is 0. The average molecular weight is 753 g/mol. The summed E-state index contributed by atoms with van der Waals surface area (Å²) in [6, 6.07) is 66.6. The smallest absolute Gasteiger partial charge is 0.178 e. The molecule has 0 unspecified atom stereocenters. The lowest BCUT2D eigenvalue weighted by Gasteiger charge is -2.23. The minimum absolute atomic E-state index is 0.189. The predicted octanol–water partition coefficient (Wildman–Crippen LogP) is 16.3. The van der Waals surface area contributed by atoms with E-state index in [-0.39, 0.29) is 5.41 Å². The quantitative estimate of drug-likeness (QED) is 0.168. The Balaban J connectivity index is 0.983. The fourth-order valence-electron chi connectivity index (χ4n) is 10.5. The molecule has 2 aromatic heterocycles. The zero-order chi connectivity index (χ0) is 39.0. The Bertz CT molecular complexity index is 3700. The Morgan fingerprint density at radius 2 is 0.881 bits per heavy atom. The molecule has 2 heteroatoms. The first-order valence-corrected chi connectivity index (χ1v) is 20.5. The normalized spacial score (nSPS) is 13.4. The highest BCUT2D eigenvalue weighted by molar-refractivity contribution is 6.24. The minimum atomic E-state index is -0.189. The third-order valence-electron chi connectivity index (χ3n) is 13.3. The fourth-order valence-corrected chi connectivity index (χ4v) is 10.5. The highest BCUT2D eigenvalue weighted by atomic mass is 16.4. The van der Waals surface area contributed by atoms with Crippen LogP contribution in [-0.4, -0.2) is 0 Å². The van der Waals surface area contributed by atoms with Crippen LogP contribution in [0.15, 0.2) is 191 Å². The van der Waals surface area contributed by atoms with E-state index in [0.717, 1.165) is 55.0 Å². The first kappa shape index (κ1) is 32.6. The van der Waals surface area contributed by atoms with Crippen molar-refractivity contribution >= 4 is 76.2 Å². The van der Waals surface area contributed by atoms with Crippen molar-refractivity contribution in [2.75, 3.05) is 0 Å². The summed E-state index contributed by atoms with van der Waals surface area (Å²) in [6.45, 7) is 4.75. The Morgan fingerprint density at radius 3 is 1.66 bits per heavy atom. The van der Waals surface area contributed by atoms with Gasteiger partial charge >= 0.3 is 0 Å². The average Bonchev–Trinajstić information content (AvgIpc) is 3.93. The summed E-state index contributed by atoms with van der Waals surface area (Å²) in [7, 11) is 0. The zero-order valence-corrected chi connectivity index (χ0v) is 32.6. The molecule has 10 aromatic carbocycles. The van der Waals surface area contributed by atoms with Crippen LogP contribution in [0.5, 0.6) is 0 Å². The Hall–Kier alpha value is -7.42. The SMILES string of the molecule is CC1(C)c2ccc(-c3cccc4c3oc3c4ccc4c5ccccc5oc43)cc2-c2ccc(-c3c4ccccc4c(-c4cccc5ccccc45)c4ccccc34)cc21. The monoisotopic (exact) mass is 752 g/mol. The molecule has 0 saturated carbocycles. The number of furan rings is 2. The molecule has 1 aliphatic carbocycles. The molecular weight excluding hydrogens is 717 g/mol. The second-order valence-electron chi connectivity index (χ2n) is 16.7. The number of fused-ring (bicyclic) bond motifs is 13. The highest BCUT2D eigenvalue weighted by Crippen LogP contribution is 2.53. The van der Waals surface area contributed by atoms with Crippen LogP contribution in [0.3, 0.4) is 0 Å². The van der Waals surface area contributed by atoms with Crippen LogP contribution in [0, 0.1) is 0 Å². The van der Waals surface area contributed by atoms with Crippen molar-refractivity contribution in [3.8, 4) is 44.5 Å². The van der Waals surface area contributed by atoms with E-state index in [4.69, 9.17) is 8.83 Å². The molecule has 276 valence electrons. The highest BCUT2D eigenvalue weighted by Gasteiger charge is 2.36. The van der Waals surface area contributed by atoms with Gasteiger partial charge in [0.15, 0.2) is 11.2 Å². The van der Waals surface area contributed by atoms with E-state index in [0.29, 0.717) is 0 Å². The third kappa shape index (κ3) is 4.46. The third-order valence-corrected chi connectivity index (χ3v) is 13.3. The van der Waals surface area contributed by atoms with Gasteiger partial charge in [-0.25, -0.2) is 0 Å². The van der Waals surface area contributed by atoms with Crippen LogP contribution >= 0.6 is 0 Å². The second kappa shape index (κ2) is 11.8. The van der Waals surface area contributed by atoms with Gasteiger partial charge in [-0.2, -0.15) is 0 Å². The molecule has 2 heterocycles. The maximum atomic E-state index is 6.81. The van der Waals surface area contributed by atoms with Gasteiger partial charge in [0.2, 0.25) is 0 Å². The molecule has 1 aliphatic rings. The first-order valence-electron chi connectivity index (χ1n) is 20.5. The van der Waals surface area contributed by atoms with E-state index in [2.05, 4.69) is 184 Å². The molecule has 0 N–H and O–H groups in total. The lowest BCUT2D eigenvalue weighted by atomic mass is 9.80. The van der Waals surface area contributed by atoms with Gasteiger partial charge in [-0.1, -0.05) is 166 Å². The number of rotatable bonds is 3. The minimum Gasteiger partial charge on any atom is -0.452 e. The lowest BCUT2D eigenvalue weighted by Crippen LogP contribution is -2.15.